The topological polar surface area (TPSA) is 54.9 Å². The van der Waals surface area contributed by atoms with Crippen molar-refractivity contribution in [3.8, 4) is 11.3 Å². The highest BCUT2D eigenvalue weighted by atomic mass is 35.5. The molecular weight excluding hydrogens is 401 g/mol. The van der Waals surface area contributed by atoms with Gasteiger partial charge in [-0.1, -0.05) is 36.2 Å². The second-order valence-electron chi connectivity index (χ2n) is 6.38. The van der Waals surface area contributed by atoms with Crippen LogP contribution in [0.1, 0.15) is 30.5 Å². The Labute approximate surface area is 172 Å². The van der Waals surface area contributed by atoms with Crippen molar-refractivity contribution < 1.29 is 4.79 Å². The fourth-order valence-electron chi connectivity index (χ4n) is 2.67. The van der Waals surface area contributed by atoms with E-state index >= 15 is 0 Å². The normalized spacial score (nSPS) is 13.2. The molecule has 1 N–H and O–H groups in total. The number of thiazole rings is 1. The van der Waals surface area contributed by atoms with Gasteiger partial charge in [0, 0.05) is 39.3 Å². The number of hydrogen-bond donors (Lipinski definition) is 1. The molecule has 0 aliphatic carbocycles. The molecule has 7 heteroatoms. The van der Waals surface area contributed by atoms with Crippen LogP contribution in [0, 0.1) is 5.92 Å². The summed E-state index contributed by atoms with van der Waals surface area (Å²) in [6.45, 7) is 3.83. The van der Waals surface area contributed by atoms with Gasteiger partial charge in [-0.05, 0) is 43.2 Å². The molecule has 0 radical (unpaired) electrons. The maximum Gasteiger partial charge on any atom is 0.223 e. The Bertz CT molecular complexity index is 930. The van der Waals surface area contributed by atoms with Crippen molar-refractivity contribution in [2.45, 2.75) is 26.3 Å². The van der Waals surface area contributed by atoms with Crippen LogP contribution in [0.5, 0.6) is 0 Å². The van der Waals surface area contributed by atoms with Crippen LogP contribution in [0.15, 0.2) is 48.1 Å². The predicted octanol–water partition coefficient (Wildman–Crippen LogP) is 5.57. The van der Waals surface area contributed by atoms with Crippen LogP contribution in [0.25, 0.3) is 11.3 Å². The Morgan fingerprint density at radius 3 is 2.63 bits per heavy atom. The number of benzene rings is 1. The van der Waals surface area contributed by atoms with Crippen LogP contribution in [0.3, 0.4) is 0 Å². The molecule has 0 spiro atoms. The second-order valence-corrected chi connectivity index (χ2v) is 8.11. The van der Waals surface area contributed by atoms with Gasteiger partial charge in [-0.15, -0.1) is 11.3 Å². The molecule has 1 aromatic carbocycles. The summed E-state index contributed by atoms with van der Waals surface area (Å²) in [6.07, 6.45) is 4.03. The third kappa shape index (κ3) is 5.06. The predicted molar refractivity (Wildman–Crippen MR) is 111 cm³/mol. The minimum atomic E-state index is -0.217. The van der Waals surface area contributed by atoms with Gasteiger partial charge in [-0.2, -0.15) is 0 Å². The molecule has 0 aliphatic rings. The average molecular weight is 420 g/mol. The summed E-state index contributed by atoms with van der Waals surface area (Å²) in [5.41, 5.74) is 2.81. The standard InChI is InChI=1S/C20H19Cl2N3OS/c1-12(9-15-3-4-16(21)10-17(15)22)19(26)24-13(2)20-25-18(11-27-20)14-5-7-23-8-6-14/h3-8,10-13H,9H2,1-2H3,(H,24,26). The maximum absolute atomic E-state index is 12.6. The first-order valence-electron chi connectivity index (χ1n) is 8.54. The molecule has 3 rings (SSSR count). The molecule has 2 heterocycles. The number of aromatic nitrogens is 2. The molecule has 0 saturated heterocycles. The van der Waals surface area contributed by atoms with Gasteiger partial charge in [0.1, 0.15) is 5.01 Å². The monoisotopic (exact) mass is 419 g/mol. The van der Waals surface area contributed by atoms with Crippen molar-refractivity contribution in [3.63, 3.8) is 0 Å². The molecule has 140 valence electrons. The molecule has 3 aromatic rings. The van der Waals surface area contributed by atoms with E-state index in [1.807, 2.05) is 37.4 Å². The number of carbonyl (C=O) groups excluding carboxylic acids is 1. The summed E-state index contributed by atoms with van der Waals surface area (Å²) < 4.78 is 0. The van der Waals surface area contributed by atoms with Crippen LogP contribution in [-0.2, 0) is 11.2 Å². The van der Waals surface area contributed by atoms with Gasteiger partial charge in [-0.3, -0.25) is 9.78 Å². The highest BCUT2D eigenvalue weighted by molar-refractivity contribution is 7.10. The van der Waals surface area contributed by atoms with Gasteiger partial charge >= 0.3 is 0 Å². The van der Waals surface area contributed by atoms with Gasteiger partial charge < -0.3 is 5.32 Å². The number of hydrogen-bond acceptors (Lipinski definition) is 4. The zero-order valence-electron chi connectivity index (χ0n) is 14.9. The van der Waals surface area contributed by atoms with E-state index in [-0.39, 0.29) is 17.9 Å². The summed E-state index contributed by atoms with van der Waals surface area (Å²) in [5.74, 6) is -0.250. The first kappa shape index (κ1) is 19.8. The van der Waals surface area contributed by atoms with Crippen LogP contribution in [-0.4, -0.2) is 15.9 Å². The highest BCUT2D eigenvalue weighted by Gasteiger charge is 2.19. The molecule has 1 amide bonds. The zero-order valence-corrected chi connectivity index (χ0v) is 17.3. The van der Waals surface area contributed by atoms with E-state index in [0.29, 0.717) is 16.5 Å². The van der Waals surface area contributed by atoms with Gasteiger partial charge in [0.05, 0.1) is 11.7 Å². The van der Waals surface area contributed by atoms with Crippen molar-refractivity contribution in [1.82, 2.24) is 15.3 Å². The van der Waals surface area contributed by atoms with Crippen LogP contribution in [0.4, 0.5) is 0 Å². The third-order valence-electron chi connectivity index (χ3n) is 4.22. The smallest absolute Gasteiger partial charge is 0.223 e. The molecule has 0 bridgehead atoms. The summed E-state index contributed by atoms with van der Waals surface area (Å²) >= 11 is 13.7. The lowest BCUT2D eigenvalue weighted by Crippen LogP contribution is -2.32. The lowest BCUT2D eigenvalue weighted by molar-refractivity contribution is -0.125. The molecule has 2 unspecified atom stereocenters. The lowest BCUT2D eigenvalue weighted by Gasteiger charge is -2.16. The number of halogens is 2. The number of carbonyl (C=O) groups is 1. The third-order valence-corrected chi connectivity index (χ3v) is 5.83. The summed E-state index contributed by atoms with van der Waals surface area (Å²) in [6, 6.07) is 9.01. The Morgan fingerprint density at radius 1 is 1.19 bits per heavy atom. The van der Waals surface area contributed by atoms with E-state index in [9.17, 15) is 4.79 Å². The SMILES string of the molecule is CC(Cc1ccc(Cl)cc1Cl)C(=O)NC(C)c1nc(-c2ccncc2)cs1. The summed E-state index contributed by atoms with van der Waals surface area (Å²) in [7, 11) is 0. The molecule has 2 aromatic heterocycles. The largest absolute Gasteiger partial charge is 0.347 e. The first-order valence-corrected chi connectivity index (χ1v) is 10.2. The number of pyridine rings is 1. The Balaban J connectivity index is 1.62. The van der Waals surface area contributed by atoms with Crippen molar-refractivity contribution >= 4 is 40.4 Å². The van der Waals surface area contributed by atoms with E-state index in [1.54, 1.807) is 24.5 Å². The van der Waals surface area contributed by atoms with E-state index in [2.05, 4.69) is 15.3 Å². The molecule has 0 aliphatic heterocycles. The minimum Gasteiger partial charge on any atom is -0.347 e. The molecular formula is C20H19Cl2N3OS. The second kappa shape index (κ2) is 8.83. The number of rotatable bonds is 6. The van der Waals surface area contributed by atoms with Crippen LogP contribution >= 0.6 is 34.5 Å². The maximum atomic E-state index is 12.6. The van der Waals surface area contributed by atoms with Gasteiger partial charge in [0.25, 0.3) is 0 Å². The molecule has 0 saturated carbocycles. The number of nitrogens with one attached hydrogen (secondary N) is 1. The van der Waals surface area contributed by atoms with Crippen molar-refractivity contribution in [1.29, 1.82) is 0 Å². The molecule has 0 fully saturated rings. The van der Waals surface area contributed by atoms with Gasteiger partial charge in [-0.25, -0.2) is 4.98 Å². The Hall–Kier alpha value is -1.95. The first-order chi connectivity index (χ1) is 12.9. The fourth-order valence-corrected chi connectivity index (χ4v) is 3.99. The van der Waals surface area contributed by atoms with Crippen molar-refractivity contribution in [2.75, 3.05) is 0 Å². The lowest BCUT2D eigenvalue weighted by atomic mass is 10.00. The molecule has 4 nitrogen and oxygen atoms in total. The van der Waals surface area contributed by atoms with Crippen molar-refractivity contribution in [3.05, 3.63) is 68.7 Å². The van der Waals surface area contributed by atoms with Gasteiger partial charge in [0.15, 0.2) is 0 Å². The molecule has 27 heavy (non-hydrogen) atoms. The minimum absolute atomic E-state index is 0.0332. The van der Waals surface area contributed by atoms with Crippen LogP contribution in [0.2, 0.25) is 10.0 Å². The Kier molecular flexibility index (Phi) is 6.47. The quantitative estimate of drug-likeness (QED) is 0.568. The van der Waals surface area contributed by atoms with E-state index in [0.717, 1.165) is 21.8 Å². The van der Waals surface area contributed by atoms with Crippen molar-refractivity contribution in [2.24, 2.45) is 5.92 Å². The van der Waals surface area contributed by atoms with Gasteiger partial charge in [0.2, 0.25) is 5.91 Å². The van der Waals surface area contributed by atoms with E-state index in [1.165, 1.54) is 11.3 Å². The zero-order chi connectivity index (χ0) is 19.4. The molecule has 2 atom stereocenters. The van der Waals surface area contributed by atoms with Crippen LogP contribution < -0.4 is 5.32 Å². The van der Waals surface area contributed by atoms with E-state index < -0.39 is 0 Å². The number of amides is 1. The Morgan fingerprint density at radius 2 is 1.93 bits per heavy atom. The average Bonchev–Trinajstić information content (AvgIpc) is 3.15. The van der Waals surface area contributed by atoms with E-state index in [4.69, 9.17) is 23.2 Å². The summed E-state index contributed by atoms with van der Waals surface area (Å²) in [5, 5.41) is 7.06. The fraction of sp³-hybridized carbons (Fsp3) is 0.250. The highest BCUT2D eigenvalue weighted by Crippen LogP contribution is 2.26. The summed E-state index contributed by atoms with van der Waals surface area (Å²) in [4.78, 5) is 21.2. The number of nitrogens with zero attached hydrogens (tertiary/aromatic N) is 2.